The number of nitrogens with one attached hydrogen (secondary N) is 1. The van der Waals surface area contributed by atoms with Crippen molar-refractivity contribution in [2.24, 2.45) is 0 Å². The lowest BCUT2D eigenvalue weighted by Crippen LogP contribution is -2.11. The molecule has 0 bridgehead atoms. The van der Waals surface area contributed by atoms with Gasteiger partial charge in [-0.05, 0) is 31.0 Å². The molecule has 0 unspecified atom stereocenters. The van der Waals surface area contributed by atoms with Crippen LogP contribution in [0.2, 0.25) is 0 Å². The van der Waals surface area contributed by atoms with Crippen LogP contribution >= 0.6 is 0 Å². The first kappa shape index (κ1) is 11.6. The summed E-state index contributed by atoms with van der Waals surface area (Å²) >= 11 is 0. The minimum atomic E-state index is 0.944. The van der Waals surface area contributed by atoms with Crippen molar-refractivity contribution in [2.45, 2.75) is 13.3 Å². The third kappa shape index (κ3) is 3.31. The van der Waals surface area contributed by atoms with Gasteiger partial charge in [-0.15, -0.1) is 6.58 Å². The Morgan fingerprint density at radius 2 is 2.13 bits per heavy atom. The number of hydrogen-bond acceptors (Lipinski definition) is 2. The molecule has 0 fully saturated rings. The van der Waals surface area contributed by atoms with E-state index in [9.17, 15) is 0 Å². The molecule has 1 aromatic rings. The maximum absolute atomic E-state index is 3.70. The van der Waals surface area contributed by atoms with Gasteiger partial charge in [0.2, 0.25) is 0 Å². The smallest absolute Gasteiger partial charge is 0.0411 e. The predicted octanol–water partition coefficient (Wildman–Crippen LogP) is 3.05. The summed E-state index contributed by atoms with van der Waals surface area (Å²) in [7, 11) is 4.13. The molecule has 15 heavy (non-hydrogen) atoms. The van der Waals surface area contributed by atoms with E-state index < -0.39 is 0 Å². The Labute approximate surface area is 92.6 Å². The van der Waals surface area contributed by atoms with E-state index in [-0.39, 0.29) is 0 Å². The van der Waals surface area contributed by atoms with Gasteiger partial charge in [-0.3, -0.25) is 0 Å². The van der Waals surface area contributed by atoms with E-state index in [1.165, 1.54) is 16.9 Å². The summed E-state index contributed by atoms with van der Waals surface area (Å²) in [6.45, 7) is 6.78. The first-order valence-electron chi connectivity index (χ1n) is 5.28. The maximum Gasteiger partial charge on any atom is 0.0411 e. The van der Waals surface area contributed by atoms with E-state index >= 15 is 0 Å². The number of hydrogen-bond donors (Lipinski definition) is 1. The Morgan fingerprint density at radius 3 is 2.73 bits per heavy atom. The van der Waals surface area contributed by atoms with Gasteiger partial charge in [-0.1, -0.05) is 12.1 Å². The first-order chi connectivity index (χ1) is 7.15. The molecular weight excluding hydrogens is 184 g/mol. The summed E-state index contributed by atoms with van der Waals surface area (Å²) in [5, 5.41) is 3.37. The van der Waals surface area contributed by atoms with Crippen molar-refractivity contribution in [1.29, 1.82) is 0 Å². The standard InChI is InChI=1S/C13H20N2/c1-5-6-9-14-12-8-7-11(2)13(10-12)15(3)4/h5,7-8,10,14H,1,6,9H2,2-4H3. The third-order valence-electron chi connectivity index (χ3n) is 2.37. The number of nitrogens with zero attached hydrogens (tertiary/aromatic N) is 1. The highest BCUT2D eigenvalue weighted by atomic mass is 15.1. The minimum absolute atomic E-state index is 0.944. The van der Waals surface area contributed by atoms with E-state index in [0.29, 0.717) is 0 Å². The third-order valence-corrected chi connectivity index (χ3v) is 2.37. The molecule has 2 nitrogen and oxygen atoms in total. The summed E-state index contributed by atoms with van der Waals surface area (Å²) in [5.41, 5.74) is 3.74. The molecule has 0 atom stereocenters. The van der Waals surface area contributed by atoms with E-state index in [2.05, 4.69) is 56.0 Å². The van der Waals surface area contributed by atoms with Gasteiger partial charge in [-0.25, -0.2) is 0 Å². The van der Waals surface area contributed by atoms with Gasteiger partial charge in [0.05, 0.1) is 0 Å². The largest absolute Gasteiger partial charge is 0.385 e. The molecule has 0 heterocycles. The van der Waals surface area contributed by atoms with E-state index in [0.717, 1.165) is 13.0 Å². The Bertz CT molecular complexity index is 329. The lowest BCUT2D eigenvalue weighted by Gasteiger charge is -2.17. The van der Waals surface area contributed by atoms with Gasteiger partial charge >= 0.3 is 0 Å². The van der Waals surface area contributed by atoms with Crippen LogP contribution in [0.25, 0.3) is 0 Å². The zero-order valence-corrected chi connectivity index (χ0v) is 9.88. The van der Waals surface area contributed by atoms with Crippen molar-refractivity contribution >= 4 is 11.4 Å². The quantitative estimate of drug-likeness (QED) is 0.586. The molecule has 1 N–H and O–H groups in total. The highest BCUT2D eigenvalue weighted by Crippen LogP contribution is 2.22. The second-order valence-corrected chi connectivity index (χ2v) is 3.90. The molecule has 0 aliphatic carbocycles. The van der Waals surface area contributed by atoms with Crippen LogP contribution in [0.1, 0.15) is 12.0 Å². The summed E-state index contributed by atoms with van der Waals surface area (Å²) in [4.78, 5) is 2.13. The van der Waals surface area contributed by atoms with Crippen molar-refractivity contribution in [3.63, 3.8) is 0 Å². The van der Waals surface area contributed by atoms with Crippen LogP contribution in [0.5, 0.6) is 0 Å². The molecule has 0 spiro atoms. The summed E-state index contributed by atoms with van der Waals surface area (Å²) in [6, 6.07) is 6.44. The predicted molar refractivity (Wildman–Crippen MR) is 68.8 cm³/mol. The highest BCUT2D eigenvalue weighted by molar-refractivity contribution is 5.61. The molecule has 0 saturated carbocycles. The zero-order valence-electron chi connectivity index (χ0n) is 9.88. The first-order valence-corrected chi connectivity index (χ1v) is 5.28. The SMILES string of the molecule is C=CCCNc1ccc(C)c(N(C)C)c1. The van der Waals surface area contributed by atoms with Gasteiger partial charge in [0, 0.05) is 32.0 Å². The molecule has 0 aliphatic rings. The molecule has 1 rings (SSSR count). The molecule has 82 valence electrons. The Hall–Kier alpha value is -1.44. The molecule has 0 radical (unpaired) electrons. The Kier molecular flexibility index (Phi) is 4.22. The fraction of sp³-hybridized carbons (Fsp3) is 0.385. The Morgan fingerprint density at radius 1 is 1.40 bits per heavy atom. The van der Waals surface area contributed by atoms with E-state index in [4.69, 9.17) is 0 Å². The normalized spacial score (nSPS) is 9.80. The Balaban J connectivity index is 2.74. The van der Waals surface area contributed by atoms with Crippen LogP contribution in [0.3, 0.4) is 0 Å². The second kappa shape index (κ2) is 5.44. The van der Waals surface area contributed by atoms with E-state index in [1.807, 2.05) is 6.08 Å². The summed E-state index contributed by atoms with van der Waals surface area (Å²) in [5.74, 6) is 0. The molecule has 2 heteroatoms. The molecular formula is C13H20N2. The molecule has 0 saturated heterocycles. The van der Waals surface area contributed by atoms with Gasteiger partial charge in [0.25, 0.3) is 0 Å². The second-order valence-electron chi connectivity index (χ2n) is 3.90. The number of aryl methyl sites for hydroxylation is 1. The fourth-order valence-electron chi connectivity index (χ4n) is 1.52. The van der Waals surface area contributed by atoms with E-state index in [1.54, 1.807) is 0 Å². The molecule has 0 aromatic heterocycles. The van der Waals surface area contributed by atoms with Crippen LogP contribution in [-0.2, 0) is 0 Å². The zero-order chi connectivity index (χ0) is 11.3. The van der Waals surface area contributed by atoms with Gasteiger partial charge in [-0.2, -0.15) is 0 Å². The maximum atomic E-state index is 3.70. The number of benzene rings is 1. The fourth-order valence-corrected chi connectivity index (χ4v) is 1.52. The molecule has 0 amide bonds. The van der Waals surface area contributed by atoms with Crippen LogP contribution < -0.4 is 10.2 Å². The van der Waals surface area contributed by atoms with Crippen molar-refractivity contribution in [1.82, 2.24) is 0 Å². The number of rotatable bonds is 5. The van der Waals surface area contributed by atoms with Crippen molar-refractivity contribution < 1.29 is 0 Å². The van der Waals surface area contributed by atoms with Crippen molar-refractivity contribution in [2.75, 3.05) is 30.9 Å². The number of anilines is 2. The van der Waals surface area contributed by atoms with Gasteiger partial charge in [0.1, 0.15) is 0 Å². The molecule has 0 aliphatic heterocycles. The van der Waals surface area contributed by atoms with Crippen LogP contribution in [0.4, 0.5) is 11.4 Å². The summed E-state index contributed by atoms with van der Waals surface area (Å²) in [6.07, 6.45) is 2.92. The van der Waals surface area contributed by atoms with Gasteiger partial charge < -0.3 is 10.2 Å². The van der Waals surface area contributed by atoms with Crippen molar-refractivity contribution in [3.8, 4) is 0 Å². The van der Waals surface area contributed by atoms with Gasteiger partial charge in [0.15, 0.2) is 0 Å². The average Bonchev–Trinajstić information content (AvgIpc) is 2.20. The van der Waals surface area contributed by atoms with Crippen LogP contribution in [0, 0.1) is 6.92 Å². The van der Waals surface area contributed by atoms with Crippen molar-refractivity contribution in [3.05, 3.63) is 36.4 Å². The molecule has 1 aromatic carbocycles. The lowest BCUT2D eigenvalue weighted by atomic mass is 10.1. The van der Waals surface area contributed by atoms with Crippen LogP contribution in [-0.4, -0.2) is 20.6 Å². The average molecular weight is 204 g/mol. The minimum Gasteiger partial charge on any atom is -0.385 e. The topological polar surface area (TPSA) is 15.3 Å². The lowest BCUT2D eigenvalue weighted by molar-refractivity contribution is 1.06. The van der Waals surface area contributed by atoms with Crippen LogP contribution in [0.15, 0.2) is 30.9 Å². The monoisotopic (exact) mass is 204 g/mol. The highest BCUT2D eigenvalue weighted by Gasteiger charge is 2.01. The summed E-state index contributed by atoms with van der Waals surface area (Å²) < 4.78 is 0.